The summed E-state index contributed by atoms with van der Waals surface area (Å²) in [6, 6.07) is 6.74. The molecule has 6 heteroatoms. The lowest BCUT2D eigenvalue weighted by molar-refractivity contribution is -0.154. The molecule has 2 rings (SSSR count). The lowest BCUT2D eigenvalue weighted by Gasteiger charge is -2.38. The molecule has 0 saturated carbocycles. The highest BCUT2D eigenvalue weighted by molar-refractivity contribution is 6.30. The molecule has 1 N–H and O–H groups in total. The fourth-order valence-corrected chi connectivity index (χ4v) is 2.45. The minimum absolute atomic E-state index is 0.209. The summed E-state index contributed by atoms with van der Waals surface area (Å²) in [6.45, 7) is 0.620. The number of hydrogen-bond donors (Lipinski definition) is 1. The van der Waals surface area contributed by atoms with Crippen molar-refractivity contribution in [2.45, 2.75) is 18.2 Å². The Labute approximate surface area is 135 Å². The molecule has 0 radical (unpaired) electrons. The summed E-state index contributed by atoms with van der Waals surface area (Å²) in [5.41, 5.74) is 0.876. The van der Waals surface area contributed by atoms with Gasteiger partial charge in [0, 0.05) is 25.3 Å². The first-order valence-electron chi connectivity index (χ1n) is 7.02. The number of rotatable bonds is 4. The van der Waals surface area contributed by atoms with Crippen molar-refractivity contribution >= 4 is 23.6 Å². The van der Waals surface area contributed by atoms with Crippen LogP contribution in [-0.4, -0.2) is 61.5 Å². The summed E-state index contributed by atoms with van der Waals surface area (Å²) in [6.07, 6.45) is 1.98. The number of carbonyl (C=O) groups excluding carboxylic acids is 1. The van der Waals surface area contributed by atoms with Gasteiger partial charge in [-0.05, 0) is 23.8 Å². The van der Waals surface area contributed by atoms with Crippen molar-refractivity contribution < 1.29 is 19.4 Å². The SMILES string of the molecule is CO[C@@H]1COC[C@@H](N(C)C(=O)/C=C/c2ccc(Cl)cc2)[C@@H]1O. The van der Waals surface area contributed by atoms with Crippen molar-refractivity contribution in [2.24, 2.45) is 0 Å². The molecule has 0 aliphatic carbocycles. The summed E-state index contributed by atoms with van der Waals surface area (Å²) in [4.78, 5) is 13.7. The molecule has 0 spiro atoms. The number of carbonyl (C=O) groups is 1. The Morgan fingerprint density at radius 2 is 2.09 bits per heavy atom. The van der Waals surface area contributed by atoms with Crippen LogP contribution in [0.15, 0.2) is 30.3 Å². The standard InChI is InChI=1S/C16H20ClNO4/c1-18(13-9-22-10-14(21-2)16(13)20)15(19)8-5-11-3-6-12(17)7-4-11/h3-8,13-14,16,20H,9-10H2,1-2H3/b8-5+/t13-,14-,16+/m1/s1. The summed E-state index contributed by atoms with van der Waals surface area (Å²) in [5.74, 6) is -0.209. The molecule has 1 saturated heterocycles. The van der Waals surface area contributed by atoms with Gasteiger partial charge in [0.25, 0.3) is 0 Å². The van der Waals surface area contributed by atoms with E-state index >= 15 is 0 Å². The topological polar surface area (TPSA) is 59.0 Å². The van der Waals surface area contributed by atoms with E-state index in [4.69, 9.17) is 21.1 Å². The van der Waals surface area contributed by atoms with Gasteiger partial charge in [-0.2, -0.15) is 0 Å². The zero-order valence-electron chi connectivity index (χ0n) is 12.6. The monoisotopic (exact) mass is 325 g/mol. The van der Waals surface area contributed by atoms with Crippen molar-refractivity contribution in [3.63, 3.8) is 0 Å². The van der Waals surface area contributed by atoms with Crippen LogP contribution in [0.25, 0.3) is 6.08 Å². The van der Waals surface area contributed by atoms with Gasteiger partial charge < -0.3 is 19.5 Å². The molecule has 22 heavy (non-hydrogen) atoms. The molecule has 0 bridgehead atoms. The number of hydrogen-bond acceptors (Lipinski definition) is 4. The maximum absolute atomic E-state index is 12.2. The van der Waals surface area contributed by atoms with Gasteiger partial charge in [-0.15, -0.1) is 0 Å². The largest absolute Gasteiger partial charge is 0.388 e. The first-order chi connectivity index (χ1) is 10.5. The van der Waals surface area contributed by atoms with E-state index in [1.807, 2.05) is 12.1 Å². The molecule has 1 heterocycles. The number of ether oxygens (including phenoxy) is 2. The highest BCUT2D eigenvalue weighted by atomic mass is 35.5. The van der Waals surface area contributed by atoms with Crippen molar-refractivity contribution in [2.75, 3.05) is 27.4 Å². The second-order valence-corrected chi connectivity index (χ2v) is 5.64. The molecule has 120 valence electrons. The number of aliphatic hydroxyl groups excluding tert-OH is 1. The van der Waals surface area contributed by atoms with Gasteiger partial charge >= 0.3 is 0 Å². The molecule has 1 fully saturated rings. The highest BCUT2D eigenvalue weighted by Crippen LogP contribution is 2.17. The molecule has 1 amide bonds. The first kappa shape index (κ1) is 17.0. The second-order valence-electron chi connectivity index (χ2n) is 5.20. The Hall–Kier alpha value is -1.40. The van der Waals surface area contributed by atoms with Gasteiger partial charge in [0.1, 0.15) is 12.2 Å². The Balaban J connectivity index is 2.00. The van der Waals surface area contributed by atoms with E-state index in [0.29, 0.717) is 11.6 Å². The zero-order valence-corrected chi connectivity index (χ0v) is 13.4. The maximum atomic E-state index is 12.2. The lowest BCUT2D eigenvalue weighted by Crippen LogP contribution is -2.56. The average Bonchev–Trinajstić information content (AvgIpc) is 2.53. The summed E-state index contributed by atoms with van der Waals surface area (Å²) in [5, 5.41) is 10.9. The number of likely N-dealkylation sites (N-methyl/N-ethyl adjacent to an activating group) is 1. The fourth-order valence-electron chi connectivity index (χ4n) is 2.32. The molecule has 1 aromatic rings. The normalized spacial score (nSPS) is 25.4. The van der Waals surface area contributed by atoms with Crippen LogP contribution in [0.2, 0.25) is 5.02 Å². The summed E-state index contributed by atoms with van der Waals surface area (Å²) < 4.78 is 10.5. The van der Waals surface area contributed by atoms with E-state index in [1.165, 1.54) is 18.1 Å². The number of aliphatic hydroxyl groups is 1. The minimum Gasteiger partial charge on any atom is -0.388 e. The molecule has 1 aliphatic rings. The number of benzene rings is 1. The van der Waals surface area contributed by atoms with Crippen LogP contribution < -0.4 is 0 Å². The molecule has 0 aromatic heterocycles. The Bertz CT molecular complexity index is 531. The molecular formula is C16H20ClNO4. The Morgan fingerprint density at radius 3 is 2.73 bits per heavy atom. The van der Waals surface area contributed by atoms with Gasteiger partial charge in [0.2, 0.25) is 5.91 Å². The molecule has 1 aromatic carbocycles. The number of halogens is 1. The van der Waals surface area contributed by atoms with Crippen LogP contribution in [0.3, 0.4) is 0 Å². The fraction of sp³-hybridized carbons (Fsp3) is 0.438. The van der Waals surface area contributed by atoms with Gasteiger partial charge in [-0.25, -0.2) is 0 Å². The first-order valence-corrected chi connectivity index (χ1v) is 7.39. The predicted molar refractivity (Wildman–Crippen MR) is 84.7 cm³/mol. The molecule has 5 nitrogen and oxygen atoms in total. The lowest BCUT2D eigenvalue weighted by atomic mass is 10.0. The average molecular weight is 326 g/mol. The molecule has 0 unspecified atom stereocenters. The Kier molecular flexibility index (Phi) is 5.97. The zero-order chi connectivity index (χ0) is 16.1. The number of nitrogens with zero attached hydrogens (tertiary/aromatic N) is 1. The third-order valence-corrected chi connectivity index (χ3v) is 4.03. The summed E-state index contributed by atoms with van der Waals surface area (Å²) >= 11 is 5.82. The van der Waals surface area contributed by atoms with Crippen LogP contribution in [0.4, 0.5) is 0 Å². The van der Waals surface area contributed by atoms with E-state index in [1.54, 1.807) is 25.3 Å². The van der Waals surface area contributed by atoms with Crippen molar-refractivity contribution in [3.8, 4) is 0 Å². The summed E-state index contributed by atoms with van der Waals surface area (Å²) in [7, 11) is 3.16. The third-order valence-electron chi connectivity index (χ3n) is 3.78. The van der Waals surface area contributed by atoms with E-state index < -0.39 is 18.2 Å². The van der Waals surface area contributed by atoms with E-state index in [9.17, 15) is 9.90 Å². The molecule has 1 aliphatic heterocycles. The number of amides is 1. The molecular weight excluding hydrogens is 306 g/mol. The Morgan fingerprint density at radius 1 is 1.41 bits per heavy atom. The van der Waals surface area contributed by atoms with E-state index in [0.717, 1.165) is 5.56 Å². The van der Waals surface area contributed by atoms with Crippen molar-refractivity contribution in [1.82, 2.24) is 4.90 Å². The van der Waals surface area contributed by atoms with Crippen molar-refractivity contribution in [3.05, 3.63) is 40.9 Å². The smallest absolute Gasteiger partial charge is 0.246 e. The van der Waals surface area contributed by atoms with Crippen LogP contribution in [-0.2, 0) is 14.3 Å². The van der Waals surface area contributed by atoms with Crippen molar-refractivity contribution in [1.29, 1.82) is 0 Å². The third kappa shape index (κ3) is 4.08. The van der Waals surface area contributed by atoms with Crippen LogP contribution >= 0.6 is 11.6 Å². The van der Waals surface area contributed by atoms with Gasteiger partial charge in [-0.1, -0.05) is 23.7 Å². The van der Waals surface area contributed by atoms with Gasteiger partial charge in [0.15, 0.2) is 0 Å². The second kappa shape index (κ2) is 7.74. The van der Waals surface area contributed by atoms with Crippen LogP contribution in [0, 0.1) is 0 Å². The van der Waals surface area contributed by atoms with E-state index in [-0.39, 0.29) is 12.5 Å². The number of methoxy groups -OCH3 is 1. The minimum atomic E-state index is -0.767. The highest BCUT2D eigenvalue weighted by Gasteiger charge is 2.36. The predicted octanol–water partition coefficient (Wildman–Crippen LogP) is 1.59. The molecule has 3 atom stereocenters. The maximum Gasteiger partial charge on any atom is 0.246 e. The van der Waals surface area contributed by atoms with Crippen LogP contribution in [0.1, 0.15) is 5.56 Å². The quantitative estimate of drug-likeness (QED) is 0.854. The van der Waals surface area contributed by atoms with Crippen LogP contribution in [0.5, 0.6) is 0 Å². The van der Waals surface area contributed by atoms with Gasteiger partial charge in [-0.3, -0.25) is 4.79 Å². The van der Waals surface area contributed by atoms with E-state index in [2.05, 4.69) is 0 Å². The van der Waals surface area contributed by atoms with Gasteiger partial charge in [0.05, 0.1) is 19.3 Å².